The van der Waals surface area contributed by atoms with Gasteiger partial charge in [-0.1, -0.05) is 48.5 Å². The van der Waals surface area contributed by atoms with Gasteiger partial charge in [-0.15, -0.1) is 11.8 Å². The van der Waals surface area contributed by atoms with Gasteiger partial charge in [-0.2, -0.15) is 0 Å². The van der Waals surface area contributed by atoms with Gasteiger partial charge in [0.25, 0.3) is 5.70 Å². The van der Waals surface area contributed by atoms with Gasteiger partial charge in [0, 0.05) is 10.6 Å². The molecule has 0 fully saturated rings. The third-order valence-corrected chi connectivity index (χ3v) is 5.85. The molecule has 0 spiro atoms. The summed E-state index contributed by atoms with van der Waals surface area (Å²) in [5.41, 5.74) is 2.71. The van der Waals surface area contributed by atoms with Crippen LogP contribution in [0.2, 0.25) is 0 Å². The minimum atomic E-state index is -0.923. The molecule has 1 atom stereocenters. The van der Waals surface area contributed by atoms with E-state index in [1.807, 2.05) is 54.6 Å². The van der Waals surface area contributed by atoms with Crippen LogP contribution in [0.25, 0.3) is 0 Å². The van der Waals surface area contributed by atoms with Crippen LogP contribution in [0.15, 0.2) is 82.3 Å². The third-order valence-electron chi connectivity index (χ3n) is 4.69. The maximum atomic E-state index is 12.0. The molecule has 1 unspecified atom stereocenters. The summed E-state index contributed by atoms with van der Waals surface area (Å²) >= 11 is 1.58. The van der Waals surface area contributed by atoms with Crippen LogP contribution in [0.4, 0.5) is 4.79 Å². The smallest absolute Gasteiger partial charge is 0.437 e. The fourth-order valence-corrected chi connectivity index (χ4v) is 4.39. The number of allylic oxidation sites excluding steroid dienone is 2. The number of carbonyl (C=O) groups excluding carboxylic acids is 1. The highest BCUT2D eigenvalue weighted by Gasteiger charge is 2.40. The molecule has 0 bridgehead atoms. The van der Waals surface area contributed by atoms with Crippen molar-refractivity contribution < 1.29 is 19.2 Å². The van der Waals surface area contributed by atoms with E-state index in [2.05, 4.69) is 10.1 Å². The van der Waals surface area contributed by atoms with E-state index in [-0.39, 0.29) is 11.5 Å². The third kappa shape index (κ3) is 4.65. The van der Waals surface area contributed by atoms with Gasteiger partial charge < -0.3 is 14.8 Å². The summed E-state index contributed by atoms with van der Waals surface area (Å²) in [5, 5.41) is 14.9. The summed E-state index contributed by atoms with van der Waals surface area (Å²) in [5.74, 6) is 0.0154. The van der Waals surface area contributed by atoms with Gasteiger partial charge >= 0.3 is 6.16 Å². The first-order valence-corrected chi connectivity index (χ1v) is 10.2. The molecule has 0 aromatic heterocycles. The van der Waals surface area contributed by atoms with E-state index < -0.39 is 17.0 Å². The molecule has 7 nitrogen and oxygen atoms in total. The van der Waals surface area contributed by atoms with Crippen LogP contribution < -0.4 is 5.32 Å². The zero-order valence-corrected chi connectivity index (χ0v) is 17.7. The monoisotopic (exact) mass is 426 g/mol. The van der Waals surface area contributed by atoms with Crippen LogP contribution >= 0.6 is 11.8 Å². The van der Waals surface area contributed by atoms with E-state index in [9.17, 15) is 14.9 Å². The average Bonchev–Trinajstić information content (AvgIpc) is 2.74. The minimum absolute atomic E-state index is 0.0627. The molecule has 0 radical (unpaired) electrons. The van der Waals surface area contributed by atoms with Crippen molar-refractivity contribution >= 4 is 17.9 Å². The average molecular weight is 426 g/mol. The second-order valence-electron chi connectivity index (χ2n) is 6.68. The lowest BCUT2D eigenvalue weighted by atomic mass is 9.89. The highest BCUT2D eigenvalue weighted by atomic mass is 32.2. The maximum Gasteiger partial charge on any atom is 0.513 e. The first kappa shape index (κ1) is 21.4. The van der Waals surface area contributed by atoms with Crippen LogP contribution in [-0.2, 0) is 15.2 Å². The molecule has 0 saturated heterocycles. The number of nitrogens with one attached hydrogen (secondary N) is 1. The molecule has 0 saturated carbocycles. The summed E-state index contributed by atoms with van der Waals surface area (Å²) in [6, 6.07) is 17.4. The fraction of sp³-hybridized carbons (Fsp3) is 0.227. The number of hydrogen-bond acceptors (Lipinski definition) is 7. The summed E-state index contributed by atoms with van der Waals surface area (Å²) in [4.78, 5) is 24.3. The van der Waals surface area contributed by atoms with Crippen LogP contribution in [0.5, 0.6) is 0 Å². The molecule has 1 aliphatic heterocycles. The number of hydrogen-bond donors (Lipinski definition) is 1. The summed E-state index contributed by atoms with van der Waals surface area (Å²) in [6.45, 7) is 3.36. The first-order chi connectivity index (χ1) is 14.4. The molecule has 2 aromatic carbocycles. The van der Waals surface area contributed by atoms with Crippen molar-refractivity contribution in [1.29, 1.82) is 0 Å². The Morgan fingerprint density at radius 1 is 1.10 bits per heavy atom. The number of methoxy groups -OCH3 is 1. The van der Waals surface area contributed by atoms with Gasteiger partial charge in [0.15, 0.2) is 0 Å². The number of nitrogens with zero attached hydrogens (tertiary/aromatic N) is 1. The molecule has 0 aliphatic carbocycles. The number of rotatable bonds is 6. The van der Waals surface area contributed by atoms with Crippen molar-refractivity contribution in [3.63, 3.8) is 0 Å². The molecule has 1 aliphatic rings. The fourth-order valence-electron chi connectivity index (χ4n) is 3.35. The van der Waals surface area contributed by atoms with Crippen LogP contribution in [-0.4, -0.2) is 18.2 Å². The van der Waals surface area contributed by atoms with Gasteiger partial charge in [-0.3, -0.25) is 10.1 Å². The Balaban J connectivity index is 2.05. The van der Waals surface area contributed by atoms with E-state index >= 15 is 0 Å². The lowest BCUT2D eigenvalue weighted by Crippen LogP contribution is -2.30. The lowest BCUT2D eigenvalue weighted by Gasteiger charge is -2.27. The summed E-state index contributed by atoms with van der Waals surface area (Å²) < 4.78 is 10.0. The molecule has 0 amide bonds. The van der Waals surface area contributed by atoms with Crippen LogP contribution in [0.1, 0.15) is 30.9 Å². The van der Waals surface area contributed by atoms with Gasteiger partial charge in [-0.05, 0) is 31.0 Å². The van der Waals surface area contributed by atoms with E-state index in [4.69, 9.17) is 4.74 Å². The normalized spacial score (nSPS) is 16.2. The molecule has 156 valence electrons. The molecular weight excluding hydrogens is 404 g/mol. The van der Waals surface area contributed by atoms with E-state index in [0.29, 0.717) is 22.7 Å². The summed E-state index contributed by atoms with van der Waals surface area (Å²) in [6.07, 6.45) is -0.923. The van der Waals surface area contributed by atoms with E-state index in [1.54, 1.807) is 25.6 Å². The highest BCUT2D eigenvalue weighted by molar-refractivity contribution is 7.98. The zero-order valence-electron chi connectivity index (χ0n) is 16.9. The Bertz CT molecular complexity index is 1020. The largest absolute Gasteiger partial charge is 0.513 e. The Morgan fingerprint density at radius 3 is 2.43 bits per heavy atom. The lowest BCUT2D eigenvalue weighted by molar-refractivity contribution is -0.431. The van der Waals surface area contributed by atoms with Gasteiger partial charge in [0.2, 0.25) is 0 Å². The molecular formula is C22H22N2O5S. The Labute approximate surface area is 178 Å². The van der Waals surface area contributed by atoms with Crippen molar-refractivity contribution in [2.45, 2.75) is 30.4 Å². The van der Waals surface area contributed by atoms with Gasteiger partial charge in [0.1, 0.15) is 11.7 Å². The van der Waals surface area contributed by atoms with Crippen molar-refractivity contribution in [1.82, 2.24) is 5.32 Å². The maximum absolute atomic E-state index is 12.0. The highest BCUT2D eigenvalue weighted by Crippen LogP contribution is 2.43. The summed E-state index contributed by atoms with van der Waals surface area (Å²) in [7, 11) is 1.20. The molecule has 3 rings (SSSR count). The Hall–Kier alpha value is -3.26. The second kappa shape index (κ2) is 9.49. The first-order valence-electron chi connectivity index (χ1n) is 9.26. The number of thioether (sulfide) groups is 1. The SMILES string of the molecule is COC(=O)OC1=C(C)NC(C)=C([N+](=O)[O-])C1c1ccccc1SCc1ccccc1. The molecule has 1 N–H and O–H groups in total. The zero-order chi connectivity index (χ0) is 21.7. The van der Waals surface area contributed by atoms with Crippen molar-refractivity contribution in [2.75, 3.05) is 7.11 Å². The van der Waals surface area contributed by atoms with Crippen molar-refractivity contribution in [3.8, 4) is 0 Å². The Morgan fingerprint density at radius 2 is 1.77 bits per heavy atom. The number of carbonyl (C=O) groups is 1. The minimum Gasteiger partial charge on any atom is -0.437 e. The second-order valence-corrected chi connectivity index (χ2v) is 7.70. The molecule has 1 heterocycles. The van der Waals surface area contributed by atoms with Gasteiger partial charge in [0.05, 0.1) is 23.4 Å². The number of benzene rings is 2. The van der Waals surface area contributed by atoms with Crippen molar-refractivity contribution in [3.05, 3.63) is 98.7 Å². The molecule has 2 aromatic rings. The number of nitro groups is 1. The topological polar surface area (TPSA) is 90.7 Å². The molecule has 30 heavy (non-hydrogen) atoms. The van der Waals surface area contributed by atoms with Crippen LogP contribution in [0, 0.1) is 10.1 Å². The quantitative estimate of drug-likeness (QED) is 0.294. The predicted molar refractivity (Wildman–Crippen MR) is 114 cm³/mol. The van der Waals surface area contributed by atoms with E-state index in [1.165, 1.54) is 7.11 Å². The molecule has 8 heteroatoms. The number of ether oxygens (including phenoxy) is 2. The van der Waals surface area contributed by atoms with Crippen LogP contribution in [0.3, 0.4) is 0 Å². The van der Waals surface area contributed by atoms with E-state index in [0.717, 1.165) is 10.5 Å². The van der Waals surface area contributed by atoms with Crippen molar-refractivity contribution in [2.24, 2.45) is 0 Å². The number of dihydropyridines is 1. The Kier molecular flexibility index (Phi) is 6.79. The standard InChI is InChI=1S/C22H22N2O5S/c1-14-20(24(26)27)19(21(15(2)23-14)29-22(25)28-3)17-11-7-8-12-18(17)30-13-16-9-5-4-6-10-16/h4-12,19,23H,13H2,1-3H3. The predicted octanol–water partition coefficient (Wildman–Crippen LogP) is 5.19. The van der Waals surface area contributed by atoms with Gasteiger partial charge in [-0.25, -0.2) is 4.79 Å².